The number of hydrogen-bond acceptors (Lipinski definition) is 5. The molecule has 1 N–H and O–H groups in total. The number of thiophene rings is 1. The third-order valence-electron chi connectivity index (χ3n) is 3.33. The fraction of sp³-hybridized carbons (Fsp3) is 0.250. The van der Waals surface area contributed by atoms with Gasteiger partial charge < -0.3 is 5.32 Å². The van der Waals surface area contributed by atoms with Gasteiger partial charge in [0.05, 0.1) is 20.7 Å². The summed E-state index contributed by atoms with van der Waals surface area (Å²) < 4.78 is 22.9. The first-order valence-electron chi connectivity index (χ1n) is 6.90. The molecule has 1 heterocycles. The summed E-state index contributed by atoms with van der Waals surface area (Å²) >= 11 is 1.15. The summed E-state index contributed by atoms with van der Waals surface area (Å²) in [6.45, 7) is 3.27. The molecule has 0 unspecified atom stereocenters. The van der Waals surface area contributed by atoms with Crippen LogP contribution in [-0.2, 0) is 9.84 Å². The summed E-state index contributed by atoms with van der Waals surface area (Å²) in [4.78, 5) is 24.7. The van der Waals surface area contributed by atoms with Crippen LogP contribution in [0.3, 0.4) is 0 Å². The number of rotatable bonds is 5. The van der Waals surface area contributed by atoms with Gasteiger partial charge in [-0.1, -0.05) is 12.1 Å². The molecule has 0 spiro atoms. The fourth-order valence-electron chi connectivity index (χ4n) is 2.00. The Morgan fingerprint density at radius 3 is 2.09 bits per heavy atom. The number of amides is 1. The second-order valence-electron chi connectivity index (χ2n) is 5.26. The Morgan fingerprint density at radius 1 is 1.04 bits per heavy atom. The van der Waals surface area contributed by atoms with E-state index in [2.05, 4.69) is 5.32 Å². The lowest BCUT2D eigenvalue weighted by molar-refractivity contribution is 0.0943. The quantitative estimate of drug-likeness (QED) is 0.840. The van der Waals surface area contributed by atoms with Crippen LogP contribution in [0.15, 0.2) is 41.3 Å². The van der Waals surface area contributed by atoms with Crippen molar-refractivity contribution in [2.24, 2.45) is 0 Å². The molecule has 23 heavy (non-hydrogen) atoms. The van der Waals surface area contributed by atoms with Gasteiger partial charge in [-0.25, -0.2) is 8.42 Å². The van der Waals surface area contributed by atoms with Crippen LogP contribution in [0, 0.1) is 0 Å². The second-order valence-corrected chi connectivity index (χ2v) is 8.36. The number of ketones is 1. The van der Waals surface area contributed by atoms with Crippen LogP contribution in [0.5, 0.6) is 0 Å². The molecule has 1 amide bonds. The van der Waals surface area contributed by atoms with E-state index in [1.807, 2.05) is 6.92 Å². The Kier molecular flexibility index (Phi) is 5.01. The van der Waals surface area contributed by atoms with E-state index in [1.54, 1.807) is 24.3 Å². The minimum absolute atomic E-state index is 0.0709. The first-order valence-corrected chi connectivity index (χ1v) is 9.61. The highest BCUT2D eigenvalue weighted by Gasteiger charge is 2.15. The maximum absolute atomic E-state index is 12.2. The highest BCUT2D eigenvalue weighted by Crippen LogP contribution is 2.20. The third-order valence-corrected chi connectivity index (χ3v) is 5.65. The predicted octanol–water partition coefficient (Wildman–Crippen LogP) is 2.85. The molecule has 1 aromatic heterocycles. The van der Waals surface area contributed by atoms with Gasteiger partial charge in [0.15, 0.2) is 15.6 Å². The smallest absolute Gasteiger partial charge is 0.261 e. The highest BCUT2D eigenvalue weighted by molar-refractivity contribution is 7.90. The molecule has 0 saturated heterocycles. The van der Waals surface area contributed by atoms with Gasteiger partial charge in [-0.3, -0.25) is 9.59 Å². The largest absolute Gasteiger partial charge is 0.345 e. The first-order chi connectivity index (χ1) is 10.7. The molecule has 0 fully saturated rings. The molecule has 122 valence electrons. The summed E-state index contributed by atoms with van der Waals surface area (Å²) in [5, 5.41) is 2.83. The molecule has 0 radical (unpaired) electrons. The van der Waals surface area contributed by atoms with Crippen molar-refractivity contribution < 1.29 is 18.0 Å². The van der Waals surface area contributed by atoms with Gasteiger partial charge in [0.2, 0.25) is 0 Å². The average molecular weight is 351 g/mol. The average Bonchev–Trinajstić information content (AvgIpc) is 2.96. The summed E-state index contributed by atoms with van der Waals surface area (Å²) in [6.07, 6.45) is 1.15. The zero-order valence-corrected chi connectivity index (χ0v) is 14.6. The third kappa shape index (κ3) is 4.27. The Hall–Kier alpha value is -1.99. The molecule has 2 rings (SSSR count). The van der Waals surface area contributed by atoms with Gasteiger partial charge in [-0.15, -0.1) is 11.3 Å². The summed E-state index contributed by atoms with van der Waals surface area (Å²) in [5.41, 5.74) is 0.800. The molecule has 1 atom stereocenters. The molecule has 0 saturated carbocycles. The van der Waals surface area contributed by atoms with Gasteiger partial charge in [0.25, 0.3) is 5.91 Å². The Balaban J connectivity index is 2.10. The molecule has 0 aliphatic rings. The van der Waals surface area contributed by atoms with Crippen LogP contribution in [0.25, 0.3) is 0 Å². The van der Waals surface area contributed by atoms with Gasteiger partial charge >= 0.3 is 0 Å². The second kappa shape index (κ2) is 6.64. The monoisotopic (exact) mass is 351 g/mol. The van der Waals surface area contributed by atoms with E-state index in [9.17, 15) is 18.0 Å². The normalized spacial score (nSPS) is 12.7. The van der Waals surface area contributed by atoms with Crippen molar-refractivity contribution in [2.75, 3.05) is 6.26 Å². The molecule has 0 aliphatic heterocycles. The van der Waals surface area contributed by atoms with Gasteiger partial charge in [-0.2, -0.15) is 0 Å². The number of Topliss-reactive ketones (excluding diaryl/α,β-unsaturated/α-hetero) is 1. The molecular weight excluding hydrogens is 334 g/mol. The van der Waals surface area contributed by atoms with E-state index < -0.39 is 9.84 Å². The minimum Gasteiger partial charge on any atom is -0.345 e. The van der Waals surface area contributed by atoms with Gasteiger partial charge in [0, 0.05) is 6.26 Å². The molecule has 0 aliphatic carbocycles. The highest BCUT2D eigenvalue weighted by atomic mass is 32.2. The van der Waals surface area contributed by atoms with Crippen molar-refractivity contribution in [1.82, 2.24) is 5.32 Å². The zero-order chi connectivity index (χ0) is 17.2. The van der Waals surface area contributed by atoms with E-state index in [0.29, 0.717) is 9.75 Å². The summed E-state index contributed by atoms with van der Waals surface area (Å²) in [7, 11) is -3.23. The zero-order valence-electron chi connectivity index (χ0n) is 13.0. The maximum Gasteiger partial charge on any atom is 0.261 e. The summed E-state index contributed by atoms with van der Waals surface area (Å²) in [6, 6.07) is 9.37. The van der Waals surface area contributed by atoms with Gasteiger partial charge in [0.1, 0.15) is 0 Å². The van der Waals surface area contributed by atoms with Gasteiger partial charge in [-0.05, 0) is 43.7 Å². The fourth-order valence-corrected chi connectivity index (χ4v) is 3.44. The Bertz CT molecular complexity index is 835. The van der Waals surface area contributed by atoms with E-state index in [4.69, 9.17) is 0 Å². The Labute approximate surface area is 139 Å². The number of nitrogens with one attached hydrogen (secondary N) is 1. The Morgan fingerprint density at radius 2 is 1.61 bits per heavy atom. The number of carbonyl (C=O) groups excluding carboxylic acids is 2. The summed E-state index contributed by atoms with van der Waals surface area (Å²) in [5.74, 6) is -0.333. The van der Waals surface area contributed by atoms with Crippen LogP contribution in [0.2, 0.25) is 0 Å². The maximum atomic E-state index is 12.2. The van der Waals surface area contributed by atoms with Crippen molar-refractivity contribution in [3.05, 3.63) is 51.7 Å². The van der Waals surface area contributed by atoms with Crippen molar-refractivity contribution in [3.63, 3.8) is 0 Å². The molecule has 7 heteroatoms. The van der Waals surface area contributed by atoms with Crippen LogP contribution >= 0.6 is 11.3 Å². The van der Waals surface area contributed by atoms with E-state index in [1.165, 1.54) is 19.1 Å². The van der Waals surface area contributed by atoms with Crippen LogP contribution in [0.1, 0.15) is 44.8 Å². The molecule has 2 aromatic rings. The number of hydrogen-bond donors (Lipinski definition) is 1. The lowest BCUT2D eigenvalue weighted by Gasteiger charge is -2.14. The molecule has 0 bridgehead atoms. The van der Waals surface area contributed by atoms with Crippen LogP contribution < -0.4 is 5.32 Å². The SMILES string of the molecule is CC(=O)c1ccc(C(=O)N[C@H](C)c2ccc(S(C)(=O)=O)cc2)s1. The van der Waals surface area contributed by atoms with Crippen molar-refractivity contribution in [3.8, 4) is 0 Å². The number of benzene rings is 1. The lowest BCUT2D eigenvalue weighted by atomic mass is 10.1. The topological polar surface area (TPSA) is 80.3 Å². The van der Waals surface area contributed by atoms with Crippen molar-refractivity contribution in [1.29, 1.82) is 0 Å². The van der Waals surface area contributed by atoms with E-state index >= 15 is 0 Å². The van der Waals surface area contributed by atoms with Crippen LogP contribution in [-0.4, -0.2) is 26.4 Å². The minimum atomic E-state index is -3.23. The van der Waals surface area contributed by atoms with E-state index in [0.717, 1.165) is 23.2 Å². The lowest BCUT2D eigenvalue weighted by Crippen LogP contribution is -2.25. The molecule has 5 nitrogen and oxygen atoms in total. The standard InChI is InChI=1S/C16H17NO4S2/c1-10(12-4-6-13(7-5-12)23(3,20)21)17-16(19)15-9-8-14(22-15)11(2)18/h4-10H,1-3H3,(H,17,19)/t10-/m1/s1. The van der Waals surface area contributed by atoms with Crippen molar-refractivity contribution >= 4 is 32.9 Å². The first kappa shape index (κ1) is 17.4. The van der Waals surface area contributed by atoms with Crippen LogP contribution in [0.4, 0.5) is 0 Å². The number of sulfone groups is 1. The van der Waals surface area contributed by atoms with E-state index in [-0.39, 0.29) is 22.6 Å². The van der Waals surface area contributed by atoms with Crippen molar-refractivity contribution in [2.45, 2.75) is 24.8 Å². The molecule has 1 aromatic carbocycles. The molecular formula is C16H17NO4S2. The number of carbonyl (C=O) groups is 2. The predicted molar refractivity (Wildman–Crippen MR) is 89.8 cm³/mol.